The third kappa shape index (κ3) is 4.00. The van der Waals surface area contributed by atoms with E-state index in [1.165, 1.54) is 6.08 Å². The summed E-state index contributed by atoms with van der Waals surface area (Å²) in [5.74, 6) is -3.18. The first-order valence-corrected chi connectivity index (χ1v) is 6.77. The molecule has 0 aromatic heterocycles. The van der Waals surface area contributed by atoms with E-state index in [0.717, 1.165) is 18.2 Å². The van der Waals surface area contributed by atoms with Crippen LogP contribution in [0.1, 0.15) is 20.7 Å². The molecule has 2 N–H and O–H groups in total. The van der Waals surface area contributed by atoms with Crippen molar-refractivity contribution in [2.24, 2.45) is 0 Å². The second-order valence-electron chi connectivity index (χ2n) is 4.63. The van der Waals surface area contributed by atoms with Gasteiger partial charge in [-0.3, -0.25) is 9.59 Å². The molecule has 0 spiro atoms. The van der Waals surface area contributed by atoms with Crippen molar-refractivity contribution in [3.05, 3.63) is 77.9 Å². The summed E-state index contributed by atoms with van der Waals surface area (Å²) in [5.41, 5.74) is 0.472. The number of benzene rings is 2. The van der Waals surface area contributed by atoms with Crippen LogP contribution in [-0.4, -0.2) is 18.4 Å². The first-order chi connectivity index (χ1) is 11.0. The summed E-state index contributed by atoms with van der Waals surface area (Å²) in [4.78, 5) is 24.1. The van der Waals surface area contributed by atoms with Crippen LogP contribution in [0.25, 0.3) is 0 Å². The van der Waals surface area contributed by atoms with Gasteiger partial charge < -0.3 is 10.6 Å². The Balaban J connectivity index is 2.22. The molecule has 4 nitrogen and oxygen atoms in total. The van der Waals surface area contributed by atoms with Gasteiger partial charge in [0.15, 0.2) is 11.6 Å². The third-order valence-corrected chi connectivity index (χ3v) is 3.01. The summed E-state index contributed by atoms with van der Waals surface area (Å²) < 4.78 is 26.1. The van der Waals surface area contributed by atoms with Crippen molar-refractivity contribution in [2.75, 3.05) is 11.9 Å². The Bertz CT molecular complexity index is 760. The number of hydrogen-bond donors (Lipinski definition) is 2. The first-order valence-electron chi connectivity index (χ1n) is 6.77. The molecule has 0 radical (unpaired) electrons. The Hall–Kier alpha value is -3.02. The van der Waals surface area contributed by atoms with Crippen molar-refractivity contribution < 1.29 is 18.4 Å². The molecule has 2 aromatic rings. The van der Waals surface area contributed by atoms with Gasteiger partial charge in [0.05, 0.1) is 11.3 Å². The highest BCUT2D eigenvalue weighted by Crippen LogP contribution is 2.17. The molecule has 0 fully saturated rings. The summed E-state index contributed by atoms with van der Waals surface area (Å²) >= 11 is 0. The summed E-state index contributed by atoms with van der Waals surface area (Å²) in [6, 6.07) is 9.20. The number of rotatable bonds is 5. The van der Waals surface area contributed by atoms with Crippen LogP contribution in [0.3, 0.4) is 0 Å². The molecule has 2 aromatic carbocycles. The lowest BCUT2D eigenvalue weighted by Gasteiger charge is -2.11. The van der Waals surface area contributed by atoms with Crippen LogP contribution in [-0.2, 0) is 0 Å². The molecule has 23 heavy (non-hydrogen) atoms. The molecule has 0 atom stereocenters. The van der Waals surface area contributed by atoms with Crippen LogP contribution in [0, 0.1) is 11.6 Å². The van der Waals surface area contributed by atoms with Crippen LogP contribution in [0.2, 0.25) is 0 Å². The second-order valence-corrected chi connectivity index (χ2v) is 4.63. The van der Waals surface area contributed by atoms with Gasteiger partial charge in [-0.2, -0.15) is 0 Å². The Morgan fingerprint density at radius 1 is 1.04 bits per heavy atom. The topological polar surface area (TPSA) is 58.2 Å². The molecular formula is C17H14F2N2O2. The highest BCUT2D eigenvalue weighted by atomic mass is 19.2. The van der Waals surface area contributed by atoms with Crippen LogP contribution in [0.4, 0.5) is 14.5 Å². The van der Waals surface area contributed by atoms with E-state index in [4.69, 9.17) is 0 Å². The Morgan fingerprint density at radius 3 is 2.48 bits per heavy atom. The summed E-state index contributed by atoms with van der Waals surface area (Å²) in [5, 5.41) is 5.12. The fourth-order valence-electron chi connectivity index (χ4n) is 1.88. The van der Waals surface area contributed by atoms with Crippen LogP contribution in [0.5, 0.6) is 0 Å². The molecule has 0 saturated carbocycles. The lowest BCUT2D eigenvalue weighted by atomic mass is 10.1. The monoisotopic (exact) mass is 316 g/mol. The standard InChI is InChI=1S/C17H14F2N2O2/c1-2-9-20-17(23)12-5-3-4-6-15(12)21-16(22)11-7-8-13(18)14(19)10-11/h2-8,10H,1,9H2,(H,20,23)(H,21,22). The summed E-state index contributed by atoms with van der Waals surface area (Å²) in [6.07, 6.45) is 1.53. The highest BCUT2D eigenvalue weighted by molar-refractivity contribution is 6.09. The molecular weight excluding hydrogens is 302 g/mol. The van der Waals surface area contributed by atoms with Gasteiger partial charge in [-0.1, -0.05) is 18.2 Å². The van der Waals surface area contributed by atoms with Crippen LogP contribution in [0.15, 0.2) is 55.1 Å². The van der Waals surface area contributed by atoms with Gasteiger partial charge in [0.25, 0.3) is 11.8 Å². The third-order valence-electron chi connectivity index (χ3n) is 3.01. The first kappa shape index (κ1) is 16.4. The van der Waals surface area contributed by atoms with E-state index >= 15 is 0 Å². The molecule has 0 aliphatic carbocycles. The average molecular weight is 316 g/mol. The van der Waals surface area contributed by atoms with E-state index < -0.39 is 17.5 Å². The molecule has 0 saturated heterocycles. The van der Waals surface area contributed by atoms with E-state index in [1.54, 1.807) is 24.3 Å². The lowest BCUT2D eigenvalue weighted by Crippen LogP contribution is -2.25. The van der Waals surface area contributed by atoms with Gasteiger partial charge in [0.2, 0.25) is 0 Å². The van der Waals surface area contributed by atoms with E-state index in [1.807, 2.05) is 0 Å². The molecule has 0 bridgehead atoms. The number of anilines is 1. The van der Waals surface area contributed by atoms with Crippen molar-refractivity contribution in [2.45, 2.75) is 0 Å². The predicted octanol–water partition coefficient (Wildman–Crippen LogP) is 3.13. The van der Waals surface area contributed by atoms with Crippen molar-refractivity contribution >= 4 is 17.5 Å². The van der Waals surface area contributed by atoms with E-state index in [-0.39, 0.29) is 29.3 Å². The number of amides is 2. The number of carbonyl (C=O) groups excluding carboxylic acids is 2. The normalized spacial score (nSPS) is 10.0. The van der Waals surface area contributed by atoms with Crippen molar-refractivity contribution in [1.82, 2.24) is 5.32 Å². The predicted molar refractivity (Wildman–Crippen MR) is 83.3 cm³/mol. The quantitative estimate of drug-likeness (QED) is 0.833. The van der Waals surface area contributed by atoms with Gasteiger partial charge >= 0.3 is 0 Å². The van der Waals surface area contributed by atoms with E-state index in [2.05, 4.69) is 17.2 Å². The minimum atomic E-state index is -1.12. The molecule has 2 amide bonds. The van der Waals surface area contributed by atoms with Crippen molar-refractivity contribution in [3.63, 3.8) is 0 Å². The number of hydrogen-bond acceptors (Lipinski definition) is 2. The summed E-state index contributed by atoms with van der Waals surface area (Å²) in [6.45, 7) is 3.78. The van der Waals surface area contributed by atoms with Crippen LogP contribution >= 0.6 is 0 Å². The second kappa shape index (κ2) is 7.31. The smallest absolute Gasteiger partial charge is 0.255 e. The average Bonchev–Trinajstić information content (AvgIpc) is 2.55. The SMILES string of the molecule is C=CCNC(=O)c1ccccc1NC(=O)c1ccc(F)c(F)c1. The minimum Gasteiger partial charge on any atom is -0.349 e. The fraction of sp³-hybridized carbons (Fsp3) is 0.0588. The Kier molecular flexibility index (Phi) is 5.19. The van der Waals surface area contributed by atoms with Crippen molar-refractivity contribution in [3.8, 4) is 0 Å². The molecule has 0 aliphatic rings. The molecule has 2 rings (SSSR count). The van der Waals surface area contributed by atoms with Crippen molar-refractivity contribution in [1.29, 1.82) is 0 Å². The summed E-state index contributed by atoms with van der Waals surface area (Å²) in [7, 11) is 0. The fourth-order valence-corrected chi connectivity index (χ4v) is 1.88. The number of carbonyl (C=O) groups is 2. The molecule has 6 heteroatoms. The highest BCUT2D eigenvalue weighted by Gasteiger charge is 2.14. The van der Waals surface area contributed by atoms with Gasteiger partial charge in [0, 0.05) is 12.1 Å². The maximum atomic E-state index is 13.2. The van der Waals surface area contributed by atoms with Gasteiger partial charge in [-0.25, -0.2) is 8.78 Å². The van der Waals surface area contributed by atoms with E-state index in [0.29, 0.717) is 0 Å². The maximum absolute atomic E-state index is 13.2. The van der Waals surface area contributed by atoms with Gasteiger partial charge in [-0.05, 0) is 30.3 Å². The Labute approximate surface area is 131 Å². The maximum Gasteiger partial charge on any atom is 0.255 e. The van der Waals surface area contributed by atoms with E-state index in [9.17, 15) is 18.4 Å². The molecule has 118 valence electrons. The number of halogens is 2. The van der Waals surface area contributed by atoms with Crippen LogP contribution < -0.4 is 10.6 Å². The molecule has 0 heterocycles. The van der Waals surface area contributed by atoms with Gasteiger partial charge in [-0.15, -0.1) is 6.58 Å². The molecule has 0 unspecified atom stereocenters. The lowest BCUT2D eigenvalue weighted by molar-refractivity contribution is 0.0959. The minimum absolute atomic E-state index is 0.0507. The molecule has 0 aliphatic heterocycles. The number of nitrogens with one attached hydrogen (secondary N) is 2. The van der Waals surface area contributed by atoms with Gasteiger partial charge in [0.1, 0.15) is 0 Å². The zero-order valence-corrected chi connectivity index (χ0v) is 12.1. The number of para-hydroxylation sites is 1. The largest absolute Gasteiger partial charge is 0.349 e. The Morgan fingerprint density at radius 2 is 1.78 bits per heavy atom. The zero-order chi connectivity index (χ0) is 16.8. The zero-order valence-electron chi connectivity index (χ0n) is 12.1.